The lowest BCUT2D eigenvalue weighted by molar-refractivity contribution is 0.0956. The average Bonchev–Trinajstić information content (AvgIpc) is 3.25. The molecule has 1 unspecified atom stereocenters. The Morgan fingerprint density at radius 3 is 2.25 bits per heavy atom. The van der Waals surface area contributed by atoms with Gasteiger partial charge in [0.1, 0.15) is 6.26 Å². The molecule has 1 heterocycles. The van der Waals surface area contributed by atoms with Gasteiger partial charge in [0.25, 0.3) is 16.0 Å². The van der Waals surface area contributed by atoms with Crippen LogP contribution in [0.25, 0.3) is 0 Å². The first-order valence-electron chi connectivity index (χ1n) is 10.4. The minimum Gasteiger partial charge on any atom is -0.364 e. The molecule has 0 saturated carbocycles. The van der Waals surface area contributed by atoms with Crippen molar-refractivity contribution >= 4 is 16.0 Å². The second-order valence-corrected chi connectivity index (χ2v) is 10.4. The molecule has 8 heteroatoms. The zero-order valence-corrected chi connectivity index (χ0v) is 19.2. The second kappa shape index (κ2) is 9.67. The van der Waals surface area contributed by atoms with Gasteiger partial charge in [0, 0.05) is 24.1 Å². The van der Waals surface area contributed by atoms with Crippen LogP contribution >= 0.6 is 0 Å². The molecule has 170 valence electrons. The van der Waals surface area contributed by atoms with E-state index in [-0.39, 0.29) is 17.9 Å². The van der Waals surface area contributed by atoms with Crippen LogP contribution in [0.15, 0.2) is 65.4 Å². The molecule has 0 aliphatic carbocycles. The Morgan fingerprint density at radius 2 is 1.72 bits per heavy atom. The molecule has 1 atom stereocenters. The molecule has 0 radical (unpaired) electrons. The van der Waals surface area contributed by atoms with E-state index in [1.807, 2.05) is 18.2 Å². The van der Waals surface area contributed by atoms with Gasteiger partial charge in [-0.15, -0.1) is 0 Å². The van der Waals surface area contributed by atoms with Gasteiger partial charge in [0.15, 0.2) is 0 Å². The Labute approximate surface area is 188 Å². The average molecular weight is 457 g/mol. The smallest absolute Gasteiger partial charge is 0.266 e. The summed E-state index contributed by atoms with van der Waals surface area (Å²) in [5.41, 5.74) is 4.72. The standard InChI is InChI=1S/C24H28N2O5S/c1-24(2,3)20-10-8-18(9-11-20)21(22-12-14-31-26-22)16-17-4-6-19(7-5-17)23(27)25-13-15-32(28,29)30/h4-12,14,21H,13,15-16H2,1-3H3,(H,25,27)(H,28,29,30). The van der Waals surface area contributed by atoms with Crippen LogP contribution in [0, 0.1) is 0 Å². The van der Waals surface area contributed by atoms with Crippen LogP contribution in [-0.2, 0) is 22.0 Å². The Bertz CT molecular complexity index is 1130. The first-order chi connectivity index (χ1) is 15.0. The number of nitrogens with zero attached hydrogens (tertiary/aromatic N) is 1. The van der Waals surface area contributed by atoms with E-state index in [1.165, 1.54) is 5.56 Å². The Balaban J connectivity index is 1.74. The minimum absolute atomic E-state index is 0.00259. The lowest BCUT2D eigenvalue weighted by Gasteiger charge is -2.21. The van der Waals surface area contributed by atoms with Gasteiger partial charge in [-0.1, -0.05) is 62.3 Å². The van der Waals surface area contributed by atoms with Gasteiger partial charge in [-0.3, -0.25) is 9.35 Å². The van der Waals surface area contributed by atoms with Crippen molar-refractivity contribution < 1.29 is 22.3 Å². The van der Waals surface area contributed by atoms with Crippen molar-refractivity contribution in [3.05, 3.63) is 88.8 Å². The number of amides is 1. The van der Waals surface area contributed by atoms with Gasteiger partial charge in [-0.25, -0.2) is 0 Å². The van der Waals surface area contributed by atoms with E-state index in [1.54, 1.807) is 18.4 Å². The molecule has 2 aromatic carbocycles. The van der Waals surface area contributed by atoms with Crippen molar-refractivity contribution in [3.63, 3.8) is 0 Å². The third-order valence-electron chi connectivity index (χ3n) is 5.30. The van der Waals surface area contributed by atoms with Gasteiger partial charge in [0.2, 0.25) is 0 Å². The molecular formula is C24H28N2O5S. The van der Waals surface area contributed by atoms with Crippen molar-refractivity contribution in [2.75, 3.05) is 12.3 Å². The molecule has 0 bridgehead atoms. The van der Waals surface area contributed by atoms with Crippen LogP contribution in [-0.4, -0.2) is 36.3 Å². The fourth-order valence-electron chi connectivity index (χ4n) is 3.43. The predicted octanol–water partition coefficient (Wildman–Crippen LogP) is 3.96. The van der Waals surface area contributed by atoms with E-state index in [0.717, 1.165) is 16.8 Å². The van der Waals surface area contributed by atoms with Crippen molar-refractivity contribution in [2.45, 2.75) is 38.5 Å². The van der Waals surface area contributed by atoms with E-state index in [2.05, 4.69) is 55.5 Å². The fourth-order valence-corrected chi connectivity index (χ4v) is 3.79. The maximum atomic E-state index is 12.2. The van der Waals surface area contributed by atoms with E-state index in [9.17, 15) is 13.2 Å². The van der Waals surface area contributed by atoms with E-state index in [0.29, 0.717) is 12.0 Å². The zero-order chi connectivity index (χ0) is 23.4. The lowest BCUT2D eigenvalue weighted by atomic mass is 9.84. The summed E-state index contributed by atoms with van der Waals surface area (Å²) in [6.45, 7) is 6.38. The van der Waals surface area contributed by atoms with Gasteiger partial charge in [-0.2, -0.15) is 8.42 Å². The zero-order valence-electron chi connectivity index (χ0n) is 18.4. The number of benzene rings is 2. The molecule has 0 aliphatic heterocycles. The number of rotatable bonds is 8. The molecule has 0 saturated heterocycles. The fraction of sp³-hybridized carbons (Fsp3) is 0.333. The summed E-state index contributed by atoms with van der Waals surface area (Å²) in [5.74, 6) is -0.923. The van der Waals surface area contributed by atoms with Crippen LogP contribution in [0.5, 0.6) is 0 Å². The normalized spacial score (nSPS) is 13.0. The highest BCUT2D eigenvalue weighted by molar-refractivity contribution is 7.85. The Kier molecular flexibility index (Phi) is 7.16. The quantitative estimate of drug-likeness (QED) is 0.497. The SMILES string of the molecule is CC(C)(C)c1ccc(C(Cc2ccc(C(=O)NCCS(=O)(=O)O)cc2)c2ccon2)cc1. The largest absolute Gasteiger partial charge is 0.364 e. The van der Waals surface area contributed by atoms with E-state index < -0.39 is 21.8 Å². The van der Waals surface area contributed by atoms with Gasteiger partial charge >= 0.3 is 0 Å². The number of aromatic nitrogens is 1. The molecule has 32 heavy (non-hydrogen) atoms. The van der Waals surface area contributed by atoms with Crippen molar-refractivity contribution in [1.29, 1.82) is 0 Å². The first kappa shape index (κ1) is 23.7. The number of carbonyl (C=O) groups is 1. The highest BCUT2D eigenvalue weighted by Crippen LogP contribution is 2.30. The first-order valence-corrected chi connectivity index (χ1v) is 12.0. The molecule has 0 aliphatic rings. The summed E-state index contributed by atoms with van der Waals surface area (Å²) in [4.78, 5) is 12.2. The van der Waals surface area contributed by atoms with Crippen molar-refractivity contribution in [1.82, 2.24) is 10.5 Å². The number of hydrogen-bond donors (Lipinski definition) is 2. The molecule has 1 amide bonds. The Morgan fingerprint density at radius 1 is 1.06 bits per heavy atom. The highest BCUT2D eigenvalue weighted by Gasteiger charge is 2.20. The number of nitrogens with one attached hydrogen (secondary N) is 1. The van der Waals surface area contributed by atoms with E-state index >= 15 is 0 Å². The van der Waals surface area contributed by atoms with Crippen LogP contribution < -0.4 is 5.32 Å². The summed E-state index contributed by atoms with van der Waals surface area (Å²) < 4.78 is 35.4. The maximum absolute atomic E-state index is 12.2. The maximum Gasteiger partial charge on any atom is 0.266 e. The molecule has 1 aromatic heterocycles. The monoisotopic (exact) mass is 456 g/mol. The molecule has 2 N–H and O–H groups in total. The van der Waals surface area contributed by atoms with Crippen molar-refractivity contribution in [3.8, 4) is 0 Å². The van der Waals surface area contributed by atoms with Crippen LogP contribution in [0.4, 0.5) is 0 Å². The van der Waals surface area contributed by atoms with Crippen LogP contribution in [0.2, 0.25) is 0 Å². The molecule has 0 fully saturated rings. The summed E-state index contributed by atoms with van der Waals surface area (Å²) >= 11 is 0. The number of hydrogen-bond acceptors (Lipinski definition) is 5. The van der Waals surface area contributed by atoms with Gasteiger partial charge < -0.3 is 9.84 Å². The predicted molar refractivity (Wildman–Crippen MR) is 122 cm³/mol. The molecule has 0 spiro atoms. The number of carbonyl (C=O) groups excluding carboxylic acids is 1. The highest BCUT2D eigenvalue weighted by atomic mass is 32.2. The molecule has 7 nitrogen and oxygen atoms in total. The Hall–Kier alpha value is -2.97. The molecule has 3 aromatic rings. The van der Waals surface area contributed by atoms with E-state index in [4.69, 9.17) is 9.08 Å². The minimum atomic E-state index is -4.11. The van der Waals surface area contributed by atoms with Crippen molar-refractivity contribution in [2.24, 2.45) is 0 Å². The van der Waals surface area contributed by atoms with Crippen LogP contribution in [0.1, 0.15) is 59.4 Å². The summed E-state index contributed by atoms with van der Waals surface area (Å²) in [6.07, 6.45) is 2.23. The third kappa shape index (κ3) is 6.51. The molecular weight excluding hydrogens is 428 g/mol. The second-order valence-electron chi connectivity index (χ2n) is 8.79. The van der Waals surface area contributed by atoms with Gasteiger partial charge in [-0.05, 0) is 40.7 Å². The lowest BCUT2D eigenvalue weighted by Crippen LogP contribution is -2.28. The van der Waals surface area contributed by atoms with Crippen LogP contribution in [0.3, 0.4) is 0 Å². The third-order valence-corrected chi connectivity index (χ3v) is 6.02. The molecule has 3 rings (SSSR count). The summed E-state index contributed by atoms with van der Waals surface area (Å²) in [5, 5.41) is 6.63. The topological polar surface area (TPSA) is 110 Å². The summed E-state index contributed by atoms with van der Waals surface area (Å²) in [6, 6.07) is 17.5. The summed E-state index contributed by atoms with van der Waals surface area (Å²) in [7, 11) is -4.11. The van der Waals surface area contributed by atoms with Gasteiger partial charge in [0.05, 0.1) is 11.4 Å².